The van der Waals surface area contributed by atoms with E-state index in [9.17, 15) is 0 Å². The van der Waals surface area contributed by atoms with Crippen LogP contribution in [0.3, 0.4) is 0 Å². The van der Waals surface area contributed by atoms with Crippen molar-refractivity contribution >= 4 is 0 Å². The molecule has 1 heterocycles. The van der Waals surface area contributed by atoms with E-state index >= 15 is 0 Å². The molecule has 2 rings (SSSR count). The summed E-state index contributed by atoms with van der Waals surface area (Å²) < 4.78 is 4.38. The number of nitrogens with zero attached hydrogens (tertiary/aromatic N) is 2. The fraction of sp³-hybridized carbons (Fsp3) is 0.400. The Hall–Kier alpha value is -1.57. The van der Waals surface area contributed by atoms with Crippen molar-refractivity contribution in [1.82, 2.24) is 4.57 Å². The van der Waals surface area contributed by atoms with Crippen LogP contribution >= 0.6 is 0 Å². The molecule has 0 aliphatic heterocycles. The Balaban J connectivity index is 0.00000144. The van der Waals surface area contributed by atoms with Crippen LogP contribution < -0.4 is 4.57 Å². The first-order chi connectivity index (χ1) is 7.61. The monoisotopic (exact) mass is 231 g/mol. The molecule has 0 radical (unpaired) electrons. The van der Waals surface area contributed by atoms with Gasteiger partial charge in [-0.3, -0.25) is 0 Å². The zero-order valence-electron chi connectivity index (χ0n) is 10.5. The molecule has 0 aliphatic carbocycles. The largest absolute Gasteiger partial charge is 0.248 e. The molecule has 0 amide bonds. The maximum atomic E-state index is 2.23. The number of imidazole rings is 1. The van der Waals surface area contributed by atoms with Crippen LogP contribution in [-0.4, -0.2) is 4.57 Å². The Morgan fingerprint density at radius 3 is 2.18 bits per heavy atom. The number of rotatable bonds is 2. The quantitative estimate of drug-likeness (QED) is 0.701. The Kier molecular flexibility index (Phi) is 4.11. The third kappa shape index (κ3) is 2.57. The van der Waals surface area contributed by atoms with Crippen LogP contribution in [0.5, 0.6) is 0 Å². The topological polar surface area (TPSA) is 8.81 Å². The normalized spacial score (nSPS) is 10.1. The van der Waals surface area contributed by atoms with Crippen molar-refractivity contribution < 1.29 is 4.57 Å². The first-order valence-corrected chi connectivity index (χ1v) is 5.77. The zero-order chi connectivity index (χ0) is 11.7. The second-order valence-corrected chi connectivity index (χ2v) is 4.40. The van der Waals surface area contributed by atoms with Crippen molar-refractivity contribution in [2.75, 3.05) is 0 Å². The summed E-state index contributed by atoms with van der Waals surface area (Å²) in [5, 5.41) is 0. The lowest BCUT2D eigenvalue weighted by Gasteiger charge is -2.06. The molecule has 2 heteroatoms. The van der Waals surface area contributed by atoms with Gasteiger partial charge in [0.25, 0.3) is 0 Å². The summed E-state index contributed by atoms with van der Waals surface area (Å²) in [5.74, 6) is 0. The van der Waals surface area contributed by atoms with Gasteiger partial charge in [0.15, 0.2) is 0 Å². The molecule has 17 heavy (non-hydrogen) atoms. The van der Waals surface area contributed by atoms with E-state index in [0.29, 0.717) is 0 Å². The van der Waals surface area contributed by atoms with Crippen molar-refractivity contribution in [3.63, 3.8) is 0 Å². The second-order valence-electron chi connectivity index (χ2n) is 4.40. The van der Waals surface area contributed by atoms with E-state index < -0.39 is 0 Å². The Morgan fingerprint density at radius 1 is 1.12 bits per heavy atom. The minimum atomic E-state index is 0. The Morgan fingerprint density at radius 2 is 1.71 bits per heavy atom. The van der Waals surface area contributed by atoms with E-state index in [1.807, 2.05) is 0 Å². The lowest BCUT2D eigenvalue weighted by molar-refractivity contribution is -0.692. The van der Waals surface area contributed by atoms with Gasteiger partial charge >= 0.3 is 0 Å². The molecule has 0 saturated heterocycles. The Labute approximate surface area is 105 Å². The van der Waals surface area contributed by atoms with Gasteiger partial charge in [0.1, 0.15) is 18.1 Å². The molecule has 0 unspecified atom stereocenters. The molecule has 0 saturated carbocycles. The highest BCUT2D eigenvalue weighted by molar-refractivity contribution is 5.48. The first kappa shape index (κ1) is 13.5. The maximum Gasteiger partial charge on any atom is 0.248 e. The van der Waals surface area contributed by atoms with Gasteiger partial charge in [0.05, 0.1) is 6.54 Å². The van der Waals surface area contributed by atoms with E-state index in [1.165, 1.54) is 22.4 Å². The molecular weight excluding hydrogens is 208 g/mol. The molecule has 0 aliphatic rings. The van der Waals surface area contributed by atoms with Crippen LogP contribution in [0.1, 0.15) is 31.0 Å². The fourth-order valence-electron chi connectivity index (χ4n) is 2.29. The molecular formula is C15H23N2+. The van der Waals surface area contributed by atoms with Crippen molar-refractivity contribution in [1.29, 1.82) is 0 Å². The number of aromatic nitrogens is 2. The molecule has 2 nitrogen and oxygen atoms in total. The zero-order valence-corrected chi connectivity index (χ0v) is 10.5. The van der Waals surface area contributed by atoms with Crippen LogP contribution in [0.25, 0.3) is 5.69 Å². The average molecular weight is 231 g/mol. The number of hydrogen-bond acceptors (Lipinski definition) is 0. The van der Waals surface area contributed by atoms with E-state index in [0.717, 1.165) is 6.54 Å². The molecule has 1 aromatic carbocycles. The second kappa shape index (κ2) is 5.17. The summed E-state index contributed by atoms with van der Waals surface area (Å²) in [4.78, 5) is 0. The van der Waals surface area contributed by atoms with Gasteiger partial charge in [-0.1, -0.05) is 25.1 Å². The standard InChI is InChI=1S/C14H19N2.CH4/c1-5-15-6-7-16(10-15)14-12(3)8-11(2)9-13(14)4;/h6-10H,5H2,1-4H3;1H4/q+1;. The predicted molar refractivity (Wildman–Crippen MR) is 72.6 cm³/mol. The van der Waals surface area contributed by atoms with Gasteiger partial charge in [-0.15, -0.1) is 0 Å². The SMILES string of the molecule is C.CC[n+]1ccn(-c2c(C)cc(C)cc2C)c1. The summed E-state index contributed by atoms with van der Waals surface area (Å²) in [5.41, 5.74) is 5.29. The van der Waals surface area contributed by atoms with Gasteiger partial charge in [-0.25, -0.2) is 9.13 Å². The highest BCUT2D eigenvalue weighted by Gasteiger charge is 2.11. The van der Waals surface area contributed by atoms with Gasteiger partial charge in [-0.2, -0.15) is 0 Å². The molecule has 0 N–H and O–H groups in total. The maximum absolute atomic E-state index is 2.23. The first-order valence-electron chi connectivity index (χ1n) is 5.77. The number of hydrogen-bond donors (Lipinski definition) is 0. The summed E-state index contributed by atoms with van der Waals surface area (Å²) in [6.07, 6.45) is 6.37. The van der Waals surface area contributed by atoms with Gasteiger partial charge < -0.3 is 0 Å². The molecule has 0 spiro atoms. The third-order valence-electron chi connectivity index (χ3n) is 2.95. The smallest absolute Gasteiger partial charge is 0.237 e. The minimum absolute atomic E-state index is 0. The van der Waals surface area contributed by atoms with Gasteiger partial charge in [0.2, 0.25) is 6.33 Å². The van der Waals surface area contributed by atoms with Gasteiger partial charge in [-0.05, 0) is 38.8 Å². The summed E-state index contributed by atoms with van der Waals surface area (Å²) in [7, 11) is 0. The van der Waals surface area contributed by atoms with Crippen LogP contribution in [-0.2, 0) is 6.54 Å². The van der Waals surface area contributed by atoms with Crippen LogP contribution in [0.15, 0.2) is 30.9 Å². The summed E-state index contributed by atoms with van der Waals surface area (Å²) >= 11 is 0. The highest BCUT2D eigenvalue weighted by Crippen LogP contribution is 2.20. The molecule has 1 aromatic heterocycles. The summed E-state index contributed by atoms with van der Waals surface area (Å²) in [6, 6.07) is 4.47. The van der Waals surface area contributed by atoms with Gasteiger partial charge in [0, 0.05) is 0 Å². The van der Waals surface area contributed by atoms with E-state index in [4.69, 9.17) is 0 Å². The Bertz CT molecular complexity index is 486. The van der Waals surface area contributed by atoms with Crippen molar-refractivity contribution in [3.05, 3.63) is 47.5 Å². The van der Waals surface area contributed by atoms with Crippen molar-refractivity contribution in [2.45, 2.75) is 41.7 Å². The molecule has 0 atom stereocenters. The third-order valence-corrected chi connectivity index (χ3v) is 2.95. The van der Waals surface area contributed by atoms with E-state index in [1.54, 1.807) is 0 Å². The molecule has 2 aromatic rings. The fourth-order valence-corrected chi connectivity index (χ4v) is 2.29. The van der Waals surface area contributed by atoms with Crippen LogP contribution in [0.2, 0.25) is 0 Å². The summed E-state index contributed by atoms with van der Waals surface area (Å²) in [6.45, 7) is 9.65. The van der Waals surface area contributed by atoms with E-state index in [-0.39, 0.29) is 7.43 Å². The van der Waals surface area contributed by atoms with Crippen LogP contribution in [0, 0.1) is 20.8 Å². The van der Waals surface area contributed by atoms with Crippen LogP contribution in [0.4, 0.5) is 0 Å². The number of aryl methyl sites for hydroxylation is 4. The molecule has 0 fully saturated rings. The molecule has 0 bridgehead atoms. The predicted octanol–water partition coefficient (Wildman–Crippen LogP) is 3.35. The lowest BCUT2D eigenvalue weighted by atomic mass is 10.1. The van der Waals surface area contributed by atoms with Crippen molar-refractivity contribution in [2.24, 2.45) is 0 Å². The van der Waals surface area contributed by atoms with E-state index in [2.05, 4.69) is 67.7 Å². The average Bonchev–Trinajstić information content (AvgIpc) is 2.64. The molecule has 92 valence electrons. The number of benzene rings is 1. The van der Waals surface area contributed by atoms with Crippen molar-refractivity contribution in [3.8, 4) is 5.69 Å². The minimum Gasteiger partial charge on any atom is -0.237 e. The highest BCUT2D eigenvalue weighted by atomic mass is 15.1. The lowest BCUT2D eigenvalue weighted by Crippen LogP contribution is -2.28.